The lowest BCUT2D eigenvalue weighted by Gasteiger charge is -2.17. The summed E-state index contributed by atoms with van der Waals surface area (Å²) in [6.45, 7) is 1.91. The topological polar surface area (TPSA) is 50.2 Å². The summed E-state index contributed by atoms with van der Waals surface area (Å²) in [5, 5.41) is 8.99. The molecular weight excluding hydrogens is 250 g/mol. The van der Waals surface area contributed by atoms with Gasteiger partial charge in [0.1, 0.15) is 0 Å². The van der Waals surface area contributed by atoms with Gasteiger partial charge in [-0.3, -0.25) is 4.98 Å². The van der Waals surface area contributed by atoms with E-state index >= 15 is 0 Å². The predicted octanol–water partition coefficient (Wildman–Crippen LogP) is 3.63. The van der Waals surface area contributed by atoms with Crippen molar-refractivity contribution in [2.45, 2.75) is 32.6 Å². The van der Waals surface area contributed by atoms with Crippen LogP contribution < -0.4 is 0 Å². The van der Waals surface area contributed by atoms with Crippen molar-refractivity contribution < 1.29 is 9.90 Å². The van der Waals surface area contributed by atoms with Gasteiger partial charge in [0, 0.05) is 11.8 Å². The number of hydrogen-bond acceptors (Lipinski definition) is 2. The smallest absolute Gasteiger partial charge is 0.337 e. The molecule has 1 N–H and O–H groups in total. The van der Waals surface area contributed by atoms with E-state index in [4.69, 9.17) is 5.11 Å². The molecule has 0 amide bonds. The Morgan fingerprint density at radius 3 is 2.60 bits per heavy atom. The van der Waals surface area contributed by atoms with Crippen LogP contribution in [0.1, 0.15) is 39.9 Å². The van der Waals surface area contributed by atoms with Crippen LogP contribution in [0.3, 0.4) is 0 Å². The Bertz CT molecular complexity index is 677. The average Bonchev–Trinajstić information content (AvgIpc) is 2.46. The Kier molecular flexibility index (Phi) is 3.26. The number of nitrogens with zero attached hydrogens (tertiary/aromatic N) is 1. The predicted molar refractivity (Wildman–Crippen MR) is 78.0 cm³/mol. The van der Waals surface area contributed by atoms with Gasteiger partial charge in [0.15, 0.2) is 0 Å². The molecule has 0 saturated carbocycles. The summed E-state index contributed by atoms with van der Waals surface area (Å²) in [5.74, 6) is -0.933. The fourth-order valence-electron chi connectivity index (χ4n) is 2.87. The number of aromatic carboxylic acids is 1. The molecule has 0 bridgehead atoms. The van der Waals surface area contributed by atoms with Crippen LogP contribution in [0.4, 0.5) is 0 Å². The lowest BCUT2D eigenvalue weighted by atomic mass is 9.89. The number of rotatable bonds is 2. The highest BCUT2D eigenvalue weighted by molar-refractivity contribution is 5.88. The fraction of sp³-hybridized carbons (Fsp3) is 0.294. The zero-order valence-electron chi connectivity index (χ0n) is 11.5. The molecule has 0 fully saturated rings. The van der Waals surface area contributed by atoms with Gasteiger partial charge in [-0.2, -0.15) is 0 Å². The minimum Gasteiger partial charge on any atom is -0.478 e. The minimum atomic E-state index is -0.933. The van der Waals surface area contributed by atoms with E-state index < -0.39 is 5.97 Å². The highest BCUT2D eigenvalue weighted by Crippen LogP contribution is 2.28. The fourth-order valence-corrected chi connectivity index (χ4v) is 2.87. The first-order valence-corrected chi connectivity index (χ1v) is 6.97. The number of benzene rings is 1. The van der Waals surface area contributed by atoms with Gasteiger partial charge in [-0.05, 0) is 61.4 Å². The second-order valence-corrected chi connectivity index (χ2v) is 5.39. The van der Waals surface area contributed by atoms with E-state index in [1.54, 1.807) is 6.07 Å². The number of carboxylic acid groups (broad SMARTS) is 1. The second kappa shape index (κ2) is 5.08. The summed E-state index contributed by atoms with van der Waals surface area (Å²) in [4.78, 5) is 15.3. The third kappa shape index (κ3) is 2.31. The summed E-state index contributed by atoms with van der Waals surface area (Å²) >= 11 is 0. The van der Waals surface area contributed by atoms with Crippen molar-refractivity contribution >= 4 is 5.97 Å². The van der Waals surface area contributed by atoms with E-state index in [-0.39, 0.29) is 5.56 Å². The van der Waals surface area contributed by atoms with Crippen molar-refractivity contribution in [2.24, 2.45) is 0 Å². The third-order valence-electron chi connectivity index (χ3n) is 3.95. The van der Waals surface area contributed by atoms with Crippen LogP contribution >= 0.6 is 0 Å². The lowest BCUT2D eigenvalue weighted by Crippen LogP contribution is -2.03. The van der Waals surface area contributed by atoms with Crippen LogP contribution in [0, 0.1) is 6.92 Å². The average molecular weight is 267 g/mol. The van der Waals surface area contributed by atoms with Crippen molar-refractivity contribution in [3.05, 3.63) is 52.7 Å². The monoisotopic (exact) mass is 267 g/mol. The summed E-state index contributed by atoms with van der Waals surface area (Å²) in [7, 11) is 0. The Morgan fingerprint density at radius 1 is 1.15 bits per heavy atom. The van der Waals surface area contributed by atoms with Crippen molar-refractivity contribution in [1.82, 2.24) is 4.98 Å². The van der Waals surface area contributed by atoms with Crippen LogP contribution in [-0.4, -0.2) is 16.1 Å². The van der Waals surface area contributed by atoms with E-state index in [0.29, 0.717) is 0 Å². The van der Waals surface area contributed by atoms with Crippen molar-refractivity contribution in [3.63, 3.8) is 0 Å². The third-order valence-corrected chi connectivity index (χ3v) is 3.95. The van der Waals surface area contributed by atoms with E-state index in [9.17, 15) is 4.79 Å². The van der Waals surface area contributed by atoms with Crippen molar-refractivity contribution in [3.8, 4) is 11.3 Å². The second-order valence-electron chi connectivity index (χ2n) is 5.39. The molecule has 1 aliphatic carbocycles. The molecule has 1 heterocycles. The maximum atomic E-state index is 11.0. The first-order valence-electron chi connectivity index (χ1n) is 6.97. The number of carboxylic acids is 1. The zero-order chi connectivity index (χ0) is 14.1. The number of fused-ring (bicyclic) bond motifs is 1. The molecule has 0 aliphatic heterocycles. The summed E-state index contributed by atoms with van der Waals surface area (Å²) in [5.41, 5.74) is 5.96. The molecule has 3 nitrogen and oxygen atoms in total. The summed E-state index contributed by atoms with van der Waals surface area (Å²) in [6, 6.07) is 8.18. The van der Waals surface area contributed by atoms with Crippen molar-refractivity contribution in [2.75, 3.05) is 0 Å². The molecule has 0 saturated heterocycles. The molecule has 0 spiro atoms. The standard InChI is InChI=1S/C17H17NO2/c1-11-8-15(17(19)20)10-18-16(11)14-7-6-12-4-2-3-5-13(12)9-14/h6-10H,2-5H2,1H3,(H,19,20). The molecule has 1 aromatic carbocycles. The van der Waals surface area contributed by atoms with Gasteiger partial charge in [0.25, 0.3) is 0 Å². The molecule has 2 aromatic rings. The Morgan fingerprint density at radius 2 is 1.90 bits per heavy atom. The molecule has 20 heavy (non-hydrogen) atoms. The maximum absolute atomic E-state index is 11.0. The molecule has 1 aliphatic rings. The molecule has 0 unspecified atom stereocenters. The van der Waals surface area contributed by atoms with Gasteiger partial charge >= 0.3 is 5.97 Å². The molecule has 3 rings (SSSR count). The van der Waals surface area contributed by atoms with Crippen LogP contribution in [0.25, 0.3) is 11.3 Å². The van der Waals surface area contributed by atoms with Gasteiger partial charge in [0.2, 0.25) is 0 Å². The largest absolute Gasteiger partial charge is 0.478 e. The number of pyridine rings is 1. The summed E-state index contributed by atoms with van der Waals surface area (Å²) in [6.07, 6.45) is 6.26. The zero-order valence-corrected chi connectivity index (χ0v) is 11.5. The number of aromatic nitrogens is 1. The van der Waals surface area contributed by atoms with Gasteiger partial charge < -0.3 is 5.11 Å². The SMILES string of the molecule is Cc1cc(C(=O)O)cnc1-c1ccc2c(c1)CCCC2. The first-order chi connectivity index (χ1) is 9.65. The number of aryl methyl sites for hydroxylation is 3. The minimum absolute atomic E-state index is 0.240. The van der Waals surface area contributed by atoms with Crippen LogP contribution in [-0.2, 0) is 12.8 Å². The van der Waals surface area contributed by atoms with Gasteiger partial charge in [-0.25, -0.2) is 4.79 Å². The molecule has 102 valence electrons. The first kappa shape index (κ1) is 12.9. The Labute approximate surface area is 118 Å². The molecule has 0 radical (unpaired) electrons. The highest BCUT2D eigenvalue weighted by atomic mass is 16.4. The van der Waals surface area contributed by atoms with Gasteiger partial charge in [-0.15, -0.1) is 0 Å². The maximum Gasteiger partial charge on any atom is 0.337 e. The van der Waals surface area contributed by atoms with Crippen LogP contribution in [0.15, 0.2) is 30.5 Å². The van der Waals surface area contributed by atoms with Gasteiger partial charge in [-0.1, -0.05) is 12.1 Å². The summed E-state index contributed by atoms with van der Waals surface area (Å²) < 4.78 is 0. The quantitative estimate of drug-likeness (QED) is 0.903. The molecular formula is C17H17NO2. The number of carbonyl (C=O) groups is 1. The Balaban J connectivity index is 2.02. The van der Waals surface area contributed by atoms with E-state index in [0.717, 1.165) is 23.2 Å². The molecule has 0 atom stereocenters. The number of hydrogen-bond donors (Lipinski definition) is 1. The van der Waals surface area contributed by atoms with Gasteiger partial charge in [0.05, 0.1) is 11.3 Å². The van der Waals surface area contributed by atoms with Crippen molar-refractivity contribution in [1.29, 1.82) is 0 Å². The van der Waals surface area contributed by atoms with E-state index in [2.05, 4.69) is 23.2 Å². The van der Waals surface area contributed by atoms with Crippen LogP contribution in [0.5, 0.6) is 0 Å². The van der Waals surface area contributed by atoms with Crippen LogP contribution in [0.2, 0.25) is 0 Å². The lowest BCUT2D eigenvalue weighted by molar-refractivity contribution is 0.0696. The van der Waals surface area contributed by atoms with E-state index in [1.165, 1.54) is 36.6 Å². The molecule has 1 aromatic heterocycles. The highest BCUT2D eigenvalue weighted by Gasteiger charge is 2.13. The normalized spacial score (nSPS) is 13.8. The Hall–Kier alpha value is -2.16. The van der Waals surface area contributed by atoms with E-state index in [1.807, 2.05) is 6.92 Å². The molecule has 3 heteroatoms.